The molecule has 8 atom stereocenters. The molecule has 0 spiro atoms. The summed E-state index contributed by atoms with van der Waals surface area (Å²) in [6, 6.07) is -2.37. The minimum atomic E-state index is -5.08. The van der Waals surface area contributed by atoms with Gasteiger partial charge >= 0.3 is 18.1 Å². The Morgan fingerprint density at radius 1 is 1.11 bits per heavy atom. The van der Waals surface area contributed by atoms with Crippen molar-refractivity contribution in [1.82, 2.24) is 10.6 Å². The van der Waals surface area contributed by atoms with Crippen molar-refractivity contribution in [3.8, 4) is 0 Å². The average Bonchev–Trinajstić information content (AvgIpc) is 3.24. The number of esters is 1. The molecule has 0 bridgehead atoms. The number of fused-ring (bicyclic) bond motifs is 3. The van der Waals surface area contributed by atoms with Crippen molar-refractivity contribution >= 4 is 23.8 Å². The molecule has 5 N–H and O–H groups in total. The number of hydrogen-bond acceptors (Lipinski definition) is 10. The monoisotopic (exact) mass is 529 g/mol. The zero-order chi connectivity index (χ0) is 27.6. The third kappa shape index (κ3) is 7.03. The highest BCUT2D eigenvalue weighted by Gasteiger charge is 2.61. The second kappa shape index (κ2) is 11.2. The number of nitrogens with one attached hydrogen (secondary N) is 2. The van der Waals surface area contributed by atoms with E-state index in [1.807, 2.05) is 0 Å². The second-order valence-electron chi connectivity index (χ2n) is 8.85. The summed E-state index contributed by atoms with van der Waals surface area (Å²) >= 11 is 0. The van der Waals surface area contributed by atoms with Crippen LogP contribution in [0, 0.1) is 5.92 Å². The molecule has 0 aromatic heterocycles. The molecule has 13 nitrogen and oxygen atoms in total. The van der Waals surface area contributed by atoms with Crippen LogP contribution in [0.3, 0.4) is 0 Å². The number of carboxylic acids is 1. The summed E-state index contributed by atoms with van der Waals surface area (Å²) in [6.45, 7) is 6.59. The minimum absolute atomic E-state index is 0.00115. The first-order chi connectivity index (χ1) is 16.5. The highest BCUT2D eigenvalue weighted by molar-refractivity contribution is 5.87. The van der Waals surface area contributed by atoms with Crippen LogP contribution in [0.5, 0.6) is 0 Å². The van der Waals surface area contributed by atoms with Gasteiger partial charge in [0.2, 0.25) is 11.8 Å². The Morgan fingerprint density at radius 2 is 1.69 bits per heavy atom. The van der Waals surface area contributed by atoms with Gasteiger partial charge in [-0.15, -0.1) is 0 Å². The zero-order valence-electron chi connectivity index (χ0n) is 20.2. The molecule has 3 heterocycles. The zero-order valence-corrected chi connectivity index (χ0v) is 20.2. The Hall–Kier alpha value is -2.53. The van der Waals surface area contributed by atoms with Crippen LogP contribution in [-0.2, 0) is 42.9 Å². The molecule has 3 saturated heterocycles. The maximum absolute atomic E-state index is 12.8. The van der Waals surface area contributed by atoms with Crippen LogP contribution in [0.1, 0.15) is 27.7 Å². The van der Waals surface area contributed by atoms with Gasteiger partial charge in [0.25, 0.3) is 0 Å². The van der Waals surface area contributed by atoms with Crippen molar-refractivity contribution in [2.75, 3.05) is 13.7 Å². The lowest BCUT2D eigenvalue weighted by Crippen LogP contribution is -2.63. The van der Waals surface area contributed by atoms with Gasteiger partial charge in [0.1, 0.15) is 24.4 Å². The van der Waals surface area contributed by atoms with Crippen LogP contribution >= 0.6 is 0 Å². The first kappa shape index (κ1) is 29.7. The number of carbonyl (C=O) groups is 4. The maximum atomic E-state index is 12.8. The number of rotatable bonds is 5. The molecule has 36 heavy (non-hydrogen) atoms. The number of nitrogens with two attached hydrogens (primary N) is 1. The number of carbonyl (C=O) groups excluding carboxylic acids is 3. The van der Waals surface area contributed by atoms with Gasteiger partial charge in [-0.1, -0.05) is 0 Å². The van der Waals surface area contributed by atoms with Gasteiger partial charge in [0.05, 0.1) is 31.7 Å². The Kier molecular flexibility index (Phi) is 9.28. The van der Waals surface area contributed by atoms with Crippen LogP contribution in [-0.4, -0.2) is 97.3 Å². The summed E-state index contributed by atoms with van der Waals surface area (Å²) in [6.07, 6.45) is -7.45. The fourth-order valence-electron chi connectivity index (χ4n) is 3.80. The first-order valence-electron chi connectivity index (χ1n) is 10.9. The van der Waals surface area contributed by atoms with E-state index in [2.05, 4.69) is 15.4 Å². The molecule has 0 aromatic carbocycles. The Bertz CT molecular complexity index is 853. The lowest BCUT2D eigenvalue weighted by atomic mass is 9.87. The molecule has 0 aliphatic carbocycles. The van der Waals surface area contributed by atoms with Crippen molar-refractivity contribution < 1.29 is 61.1 Å². The van der Waals surface area contributed by atoms with E-state index in [-0.39, 0.29) is 6.61 Å². The molecule has 3 aliphatic heterocycles. The standard InChI is InChI=1S/C18H29N3O8.C2HF3O2/c1-7(19)14(22)21-10-9(15(23)20-8(2)16(24)25-5)6-26-12-11(10)27-17-13(12)28-18(3,4)29-17;3-2(4,5)1(6)7/h7-13,17H,6,19H2,1-5H3,(H,20,23)(H,21,22);(H,6,7)/t7-,8-,9-,10-,11+,12-,13+,17+;/m0./s1. The van der Waals surface area contributed by atoms with E-state index < -0.39 is 84.4 Å². The fraction of sp³-hybridized carbons (Fsp3) is 0.800. The van der Waals surface area contributed by atoms with Gasteiger partial charge in [-0.3, -0.25) is 9.59 Å². The average molecular weight is 529 g/mol. The number of ether oxygens (including phenoxy) is 5. The maximum Gasteiger partial charge on any atom is 0.490 e. The Balaban J connectivity index is 0.000000572. The number of carboxylic acid groups (broad SMARTS) is 1. The molecule has 3 rings (SSSR count). The van der Waals surface area contributed by atoms with Crippen molar-refractivity contribution in [2.45, 2.75) is 82.4 Å². The third-order valence-electron chi connectivity index (χ3n) is 5.50. The fourth-order valence-corrected chi connectivity index (χ4v) is 3.80. The van der Waals surface area contributed by atoms with Crippen LogP contribution in [0.4, 0.5) is 13.2 Å². The van der Waals surface area contributed by atoms with Crippen molar-refractivity contribution in [3.05, 3.63) is 0 Å². The summed E-state index contributed by atoms with van der Waals surface area (Å²) in [4.78, 5) is 45.7. The topological polar surface area (TPSA) is 185 Å². The SMILES string of the molecule is COC(=O)[C@H](C)NC(=O)[C@H]1CO[C@H]2[C@H](O[C@@H]3OC(C)(C)O[C@@H]32)[C@H]1NC(=O)[C@H](C)N.O=C(O)C(F)(F)F. The largest absolute Gasteiger partial charge is 0.490 e. The van der Waals surface area contributed by atoms with E-state index in [0.717, 1.165) is 0 Å². The third-order valence-corrected chi connectivity index (χ3v) is 5.50. The van der Waals surface area contributed by atoms with Gasteiger partial charge in [-0.2, -0.15) is 13.2 Å². The predicted octanol–water partition coefficient (Wildman–Crippen LogP) is -0.979. The summed E-state index contributed by atoms with van der Waals surface area (Å²) < 4.78 is 59.9. The van der Waals surface area contributed by atoms with Crippen molar-refractivity contribution in [3.63, 3.8) is 0 Å². The van der Waals surface area contributed by atoms with E-state index in [1.165, 1.54) is 14.0 Å². The molecule has 0 radical (unpaired) electrons. The number of aliphatic carboxylic acids is 1. The van der Waals surface area contributed by atoms with E-state index in [0.29, 0.717) is 0 Å². The van der Waals surface area contributed by atoms with Crippen molar-refractivity contribution in [2.24, 2.45) is 11.7 Å². The molecule has 2 amide bonds. The quantitative estimate of drug-likeness (QED) is 0.321. The predicted molar refractivity (Wildman–Crippen MR) is 111 cm³/mol. The lowest BCUT2D eigenvalue weighted by Gasteiger charge is -2.40. The summed E-state index contributed by atoms with van der Waals surface area (Å²) in [7, 11) is 1.23. The van der Waals surface area contributed by atoms with Crippen LogP contribution < -0.4 is 16.4 Å². The van der Waals surface area contributed by atoms with Gasteiger partial charge in [-0.05, 0) is 27.7 Å². The number of methoxy groups -OCH3 is 1. The minimum Gasteiger partial charge on any atom is -0.475 e. The van der Waals surface area contributed by atoms with Crippen molar-refractivity contribution in [1.29, 1.82) is 0 Å². The molecular weight excluding hydrogens is 499 g/mol. The van der Waals surface area contributed by atoms with E-state index in [1.54, 1.807) is 20.8 Å². The highest BCUT2D eigenvalue weighted by Crippen LogP contribution is 2.42. The Morgan fingerprint density at radius 3 is 2.19 bits per heavy atom. The summed E-state index contributed by atoms with van der Waals surface area (Å²) in [5.41, 5.74) is 5.68. The van der Waals surface area contributed by atoms with Gasteiger partial charge < -0.3 is 45.2 Å². The molecule has 3 aliphatic rings. The van der Waals surface area contributed by atoms with E-state index in [4.69, 9.17) is 34.6 Å². The molecular formula is C20H30F3N3O10. The van der Waals surface area contributed by atoms with Gasteiger partial charge in [0, 0.05) is 0 Å². The smallest absolute Gasteiger partial charge is 0.475 e. The summed E-state index contributed by atoms with van der Waals surface area (Å²) in [5, 5.41) is 12.5. The number of halogens is 3. The molecule has 0 aromatic rings. The Labute approximate surface area is 204 Å². The summed E-state index contributed by atoms with van der Waals surface area (Å²) in [5.74, 6) is -5.88. The number of amides is 2. The van der Waals surface area contributed by atoms with Crippen LogP contribution in [0.25, 0.3) is 0 Å². The number of alkyl halides is 3. The second-order valence-corrected chi connectivity index (χ2v) is 8.85. The molecule has 0 saturated carbocycles. The van der Waals surface area contributed by atoms with Crippen LogP contribution in [0.2, 0.25) is 0 Å². The molecule has 206 valence electrons. The van der Waals surface area contributed by atoms with Crippen LogP contribution in [0.15, 0.2) is 0 Å². The van der Waals surface area contributed by atoms with E-state index in [9.17, 15) is 27.6 Å². The van der Waals surface area contributed by atoms with E-state index >= 15 is 0 Å². The highest BCUT2D eigenvalue weighted by atomic mass is 19.4. The first-order valence-corrected chi connectivity index (χ1v) is 10.9. The molecule has 16 heteroatoms. The number of hydrogen-bond donors (Lipinski definition) is 4. The molecule has 0 unspecified atom stereocenters. The lowest BCUT2D eigenvalue weighted by molar-refractivity contribution is -0.233. The van der Waals surface area contributed by atoms with Gasteiger partial charge in [0.15, 0.2) is 12.1 Å². The van der Waals surface area contributed by atoms with Gasteiger partial charge in [-0.25, -0.2) is 9.59 Å². The molecule has 3 fully saturated rings. The normalized spacial score (nSPS) is 32.0.